The summed E-state index contributed by atoms with van der Waals surface area (Å²) in [5.41, 5.74) is 6.36. The van der Waals surface area contributed by atoms with Gasteiger partial charge in [0.2, 0.25) is 0 Å². The molecule has 0 spiro atoms. The molecule has 1 aliphatic heterocycles. The maximum atomic E-state index is 5.35. The number of thioether (sulfide) groups is 1. The Kier molecular flexibility index (Phi) is 1.96. The molecule has 4 heteroatoms. The smallest absolute Gasteiger partial charge is 0.159 e. The van der Waals surface area contributed by atoms with Gasteiger partial charge in [-0.3, -0.25) is 0 Å². The topological polar surface area (TPSA) is 38.4 Å². The number of amidine groups is 1. The second-order valence-electron chi connectivity index (χ2n) is 1.34. The van der Waals surface area contributed by atoms with Gasteiger partial charge in [0.05, 0.1) is 5.70 Å². The van der Waals surface area contributed by atoms with E-state index in [2.05, 4.69) is 20.9 Å². The van der Waals surface area contributed by atoms with Gasteiger partial charge >= 0.3 is 0 Å². The molecule has 0 unspecified atom stereocenters. The molecule has 0 aromatic heterocycles. The van der Waals surface area contributed by atoms with Crippen molar-refractivity contribution in [2.75, 3.05) is 5.75 Å². The minimum atomic E-state index is 0.663. The van der Waals surface area contributed by atoms with Crippen molar-refractivity contribution in [1.29, 1.82) is 0 Å². The highest BCUT2D eigenvalue weighted by Gasteiger charge is 2.05. The molecule has 0 radical (unpaired) electrons. The van der Waals surface area contributed by atoms with Crippen LogP contribution in [0.3, 0.4) is 0 Å². The monoisotopic (exact) mass is 192 g/mol. The molecule has 8 heavy (non-hydrogen) atoms. The largest absolute Gasteiger partial charge is 0.378 e. The lowest BCUT2D eigenvalue weighted by atomic mass is 10.6. The van der Waals surface area contributed by atoms with Crippen molar-refractivity contribution >= 4 is 32.9 Å². The zero-order chi connectivity index (χ0) is 5.98. The molecule has 44 valence electrons. The number of hydrogen-bond donors (Lipinski definition) is 1. The Morgan fingerprint density at radius 3 is 2.88 bits per heavy atom. The lowest BCUT2D eigenvalue weighted by Crippen LogP contribution is -2.00. The summed E-state index contributed by atoms with van der Waals surface area (Å²) in [6, 6.07) is 0. The van der Waals surface area contributed by atoms with E-state index in [0.29, 0.717) is 5.17 Å². The summed E-state index contributed by atoms with van der Waals surface area (Å²) in [7, 11) is 0. The lowest BCUT2D eigenvalue weighted by molar-refractivity contribution is 1.36. The number of rotatable bonds is 0. The van der Waals surface area contributed by atoms with E-state index >= 15 is 0 Å². The summed E-state index contributed by atoms with van der Waals surface area (Å²) >= 11 is 4.73. The molecule has 0 atom stereocenters. The van der Waals surface area contributed by atoms with Crippen LogP contribution in [0, 0.1) is 0 Å². The first-order valence-corrected chi connectivity index (χ1v) is 3.99. The predicted molar refractivity (Wildman–Crippen MR) is 41.1 cm³/mol. The van der Waals surface area contributed by atoms with Gasteiger partial charge in [-0.1, -0.05) is 27.7 Å². The first-order chi connectivity index (χ1) is 3.83. The van der Waals surface area contributed by atoms with Crippen LogP contribution in [-0.4, -0.2) is 10.9 Å². The van der Waals surface area contributed by atoms with Crippen molar-refractivity contribution in [3.8, 4) is 0 Å². The molecule has 1 aliphatic rings. The summed E-state index contributed by atoms with van der Waals surface area (Å²) in [6.45, 7) is 0. The number of nitrogens with zero attached hydrogens (tertiary/aromatic N) is 1. The minimum absolute atomic E-state index is 0.663. The molecule has 0 bridgehead atoms. The second-order valence-corrected chi connectivity index (χ2v) is 2.79. The van der Waals surface area contributed by atoms with Gasteiger partial charge in [0.1, 0.15) is 0 Å². The van der Waals surface area contributed by atoms with E-state index in [4.69, 9.17) is 5.73 Å². The van der Waals surface area contributed by atoms with Crippen molar-refractivity contribution in [2.24, 2.45) is 10.7 Å². The molecular weight excluding hydrogens is 188 g/mol. The van der Waals surface area contributed by atoms with E-state index in [1.54, 1.807) is 16.7 Å². The van der Waals surface area contributed by atoms with E-state index < -0.39 is 0 Å². The Balaban J connectivity index is 2.67. The quantitative estimate of drug-likeness (QED) is 0.629. The summed E-state index contributed by atoms with van der Waals surface area (Å²) in [4.78, 5) is 5.77. The normalized spacial score (nSPS) is 24.1. The van der Waals surface area contributed by atoms with Gasteiger partial charge in [-0.05, 0) is 0 Å². The molecule has 0 aliphatic carbocycles. The summed E-state index contributed by atoms with van der Waals surface area (Å²) in [6.07, 6.45) is 0. The average Bonchev–Trinajstić information content (AvgIpc) is 2.14. The molecule has 0 fully saturated rings. The van der Waals surface area contributed by atoms with Gasteiger partial charge < -0.3 is 5.73 Å². The van der Waals surface area contributed by atoms with Gasteiger partial charge in [-0.15, -0.1) is 0 Å². The third-order valence-corrected chi connectivity index (χ3v) is 2.10. The van der Waals surface area contributed by atoms with Crippen LogP contribution >= 0.6 is 27.7 Å². The van der Waals surface area contributed by atoms with Crippen molar-refractivity contribution in [3.05, 3.63) is 10.7 Å². The van der Waals surface area contributed by atoms with Crippen LogP contribution in [0.1, 0.15) is 0 Å². The Morgan fingerprint density at radius 1 is 1.88 bits per heavy atom. The zero-order valence-corrected chi connectivity index (χ0v) is 6.50. The van der Waals surface area contributed by atoms with Crippen molar-refractivity contribution < 1.29 is 0 Å². The van der Waals surface area contributed by atoms with Gasteiger partial charge in [0.25, 0.3) is 0 Å². The van der Waals surface area contributed by atoms with Gasteiger partial charge in [-0.25, -0.2) is 4.99 Å². The fourth-order valence-corrected chi connectivity index (χ4v) is 1.51. The van der Waals surface area contributed by atoms with Gasteiger partial charge in [0.15, 0.2) is 5.17 Å². The molecule has 2 nitrogen and oxygen atoms in total. The fraction of sp³-hybridized carbons (Fsp3) is 0.250. The highest BCUT2D eigenvalue weighted by Crippen LogP contribution is 2.18. The van der Waals surface area contributed by atoms with Crippen LogP contribution in [0.5, 0.6) is 0 Å². The van der Waals surface area contributed by atoms with Crippen LogP contribution in [0.25, 0.3) is 0 Å². The van der Waals surface area contributed by atoms with Crippen LogP contribution in [-0.2, 0) is 0 Å². The predicted octanol–water partition coefficient (Wildman–Crippen LogP) is 1.28. The van der Waals surface area contributed by atoms with E-state index in [1.165, 1.54) is 0 Å². The summed E-state index contributed by atoms with van der Waals surface area (Å²) < 4.78 is 0. The Morgan fingerprint density at radius 2 is 2.62 bits per heavy atom. The zero-order valence-electron chi connectivity index (χ0n) is 4.10. The average molecular weight is 193 g/mol. The summed E-state index contributed by atoms with van der Waals surface area (Å²) in [5, 5.41) is 0.663. The van der Waals surface area contributed by atoms with Crippen molar-refractivity contribution in [2.45, 2.75) is 0 Å². The van der Waals surface area contributed by atoms with Crippen LogP contribution < -0.4 is 5.73 Å². The maximum absolute atomic E-state index is 5.35. The Bertz CT molecular complexity index is 152. The van der Waals surface area contributed by atoms with Crippen LogP contribution in [0.15, 0.2) is 15.7 Å². The SMILES string of the molecule is NC1=N/C(=C\Br)CS1. The Labute approximate surface area is 60.4 Å². The Hall–Kier alpha value is 0.0400. The maximum Gasteiger partial charge on any atom is 0.159 e. The minimum Gasteiger partial charge on any atom is -0.378 e. The number of hydrogen-bond acceptors (Lipinski definition) is 3. The van der Waals surface area contributed by atoms with E-state index in [9.17, 15) is 0 Å². The standard InChI is InChI=1S/C4H5BrN2S/c5-1-3-2-8-4(6)7-3/h1H,2H2,(H2,6,7)/b3-1-. The third kappa shape index (κ3) is 1.26. The van der Waals surface area contributed by atoms with E-state index in [-0.39, 0.29) is 0 Å². The van der Waals surface area contributed by atoms with Crippen LogP contribution in [0.2, 0.25) is 0 Å². The summed E-state index contributed by atoms with van der Waals surface area (Å²) in [5.74, 6) is 0.900. The lowest BCUT2D eigenvalue weighted by Gasteiger charge is -1.79. The highest BCUT2D eigenvalue weighted by molar-refractivity contribution is 9.11. The number of nitrogens with two attached hydrogens (primary N) is 1. The van der Waals surface area contributed by atoms with Crippen molar-refractivity contribution in [3.63, 3.8) is 0 Å². The first kappa shape index (κ1) is 6.16. The molecule has 0 saturated heterocycles. The molecule has 0 amide bonds. The van der Waals surface area contributed by atoms with E-state index in [1.807, 2.05) is 0 Å². The molecule has 2 N–H and O–H groups in total. The number of halogens is 1. The number of aliphatic imine (C=N–C) groups is 1. The fourth-order valence-electron chi connectivity index (χ4n) is 0.410. The van der Waals surface area contributed by atoms with Gasteiger partial charge in [-0.2, -0.15) is 0 Å². The third-order valence-electron chi connectivity index (χ3n) is 0.748. The molecule has 0 aromatic carbocycles. The highest BCUT2D eigenvalue weighted by atomic mass is 79.9. The van der Waals surface area contributed by atoms with Crippen molar-refractivity contribution in [1.82, 2.24) is 0 Å². The van der Waals surface area contributed by atoms with Gasteiger partial charge in [0, 0.05) is 10.7 Å². The van der Waals surface area contributed by atoms with Crippen LogP contribution in [0.4, 0.5) is 0 Å². The molecule has 0 saturated carbocycles. The molecular formula is C4H5BrN2S. The molecule has 1 heterocycles. The van der Waals surface area contributed by atoms with E-state index in [0.717, 1.165) is 11.4 Å². The first-order valence-electron chi connectivity index (χ1n) is 2.09. The second kappa shape index (κ2) is 2.55. The molecule has 0 aromatic rings. The molecule has 1 rings (SSSR count).